The minimum Gasteiger partial charge on any atom is -0.480 e. The highest BCUT2D eigenvalue weighted by atomic mass is 16.4. The second-order valence-electron chi connectivity index (χ2n) is 4.51. The van der Waals surface area contributed by atoms with Gasteiger partial charge in [-0.05, 0) is 24.5 Å². The quantitative estimate of drug-likeness (QED) is 0.812. The highest BCUT2D eigenvalue weighted by Gasteiger charge is 2.36. The first-order valence-electron chi connectivity index (χ1n) is 5.76. The summed E-state index contributed by atoms with van der Waals surface area (Å²) in [5.41, 5.74) is 5.99. The van der Waals surface area contributed by atoms with E-state index in [4.69, 9.17) is 5.73 Å². The molecule has 6 heteroatoms. The molecule has 3 N–H and O–H groups in total. The molecule has 1 aromatic rings. The first kappa shape index (κ1) is 12.3. The SMILES string of the molecule is CC1CCN(c2ccnc(C(N)=O)c2)C1C(=O)O. The summed E-state index contributed by atoms with van der Waals surface area (Å²) in [6.07, 6.45) is 2.28. The number of hydrogen-bond donors (Lipinski definition) is 2. The van der Waals surface area contributed by atoms with Crippen LogP contribution in [0.25, 0.3) is 0 Å². The average Bonchev–Trinajstić information content (AvgIpc) is 2.71. The zero-order chi connectivity index (χ0) is 13.3. The van der Waals surface area contributed by atoms with E-state index in [1.165, 1.54) is 12.3 Å². The summed E-state index contributed by atoms with van der Waals surface area (Å²) in [6.45, 7) is 2.56. The Kier molecular flexibility index (Phi) is 3.18. The van der Waals surface area contributed by atoms with Crippen LogP contribution >= 0.6 is 0 Å². The Morgan fingerprint density at radius 3 is 2.89 bits per heavy atom. The molecule has 0 spiro atoms. The van der Waals surface area contributed by atoms with Gasteiger partial charge in [-0.1, -0.05) is 6.92 Å². The fraction of sp³-hybridized carbons (Fsp3) is 0.417. The largest absolute Gasteiger partial charge is 0.480 e. The van der Waals surface area contributed by atoms with Gasteiger partial charge < -0.3 is 15.7 Å². The van der Waals surface area contributed by atoms with E-state index >= 15 is 0 Å². The number of amides is 1. The van der Waals surface area contributed by atoms with Crippen molar-refractivity contribution in [2.24, 2.45) is 11.7 Å². The van der Waals surface area contributed by atoms with Crippen molar-refractivity contribution in [2.75, 3.05) is 11.4 Å². The minimum absolute atomic E-state index is 0.0766. The van der Waals surface area contributed by atoms with Crippen LogP contribution in [0.5, 0.6) is 0 Å². The molecular weight excluding hydrogens is 234 g/mol. The molecule has 2 heterocycles. The predicted molar refractivity (Wildman–Crippen MR) is 65.3 cm³/mol. The van der Waals surface area contributed by atoms with Crippen LogP contribution in [0.4, 0.5) is 5.69 Å². The normalized spacial score (nSPS) is 23.1. The van der Waals surface area contributed by atoms with Gasteiger partial charge in [-0.15, -0.1) is 0 Å². The lowest BCUT2D eigenvalue weighted by atomic mass is 10.0. The van der Waals surface area contributed by atoms with Crippen molar-refractivity contribution in [3.63, 3.8) is 0 Å². The maximum atomic E-state index is 11.3. The second-order valence-corrected chi connectivity index (χ2v) is 4.51. The Hall–Kier alpha value is -2.11. The van der Waals surface area contributed by atoms with Crippen LogP contribution in [-0.2, 0) is 4.79 Å². The van der Waals surface area contributed by atoms with E-state index in [2.05, 4.69) is 4.98 Å². The summed E-state index contributed by atoms with van der Waals surface area (Å²) in [5.74, 6) is -1.39. The standard InChI is InChI=1S/C12H15N3O3/c1-7-3-5-15(10(7)12(17)18)8-2-4-14-9(6-8)11(13)16/h2,4,6-7,10H,3,5H2,1H3,(H2,13,16)(H,17,18). The molecule has 1 amide bonds. The number of pyridine rings is 1. The number of carbonyl (C=O) groups excluding carboxylic acids is 1. The number of aromatic nitrogens is 1. The Morgan fingerprint density at radius 2 is 2.28 bits per heavy atom. The Balaban J connectivity index is 2.33. The minimum atomic E-state index is -0.850. The smallest absolute Gasteiger partial charge is 0.326 e. The summed E-state index contributed by atoms with van der Waals surface area (Å²) in [4.78, 5) is 28.0. The van der Waals surface area contributed by atoms with Crippen molar-refractivity contribution in [1.82, 2.24) is 4.98 Å². The summed E-state index contributed by atoms with van der Waals surface area (Å²) < 4.78 is 0. The number of carboxylic acid groups (broad SMARTS) is 1. The van der Waals surface area contributed by atoms with Gasteiger partial charge in [0.2, 0.25) is 0 Å². The van der Waals surface area contributed by atoms with Crippen molar-refractivity contribution in [3.8, 4) is 0 Å². The Bertz CT molecular complexity index is 489. The van der Waals surface area contributed by atoms with Gasteiger partial charge in [0.25, 0.3) is 5.91 Å². The predicted octanol–water partition coefficient (Wildman–Crippen LogP) is 0.480. The van der Waals surface area contributed by atoms with Crippen LogP contribution in [-0.4, -0.2) is 34.6 Å². The van der Waals surface area contributed by atoms with Crippen LogP contribution in [0.3, 0.4) is 0 Å². The van der Waals surface area contributed by atoms with E-state index in [1.54, 1.807) is 11.0 Å². The van der Waals surface area contributed by atoms with Gasteiger partial charge in [0.05, 0.1) is 0 Å². The Labute approximate surface area is 104 Å². The van der Waals surface area contributed by atoms with Crippen molar-refractivity contribution >= 4 is 17.6 Å². The molecule has 0 aliphatic carbocycles. The third-order valence-corrected chi connectivity index (χ3v) is 3.28. The van der Waals surface area contributed by atoms with Crippen LogP contribution < -0.4 is 10.6 Å². The molecular formula is C12H15N3O3. The summed E-state index contributed by atoms with van der Waals surface area (Å²) in [5, 5.41) is 9.24. The van der Waals surface area contributed by atoms with Crippen molar-refractivity contribution in [3.05, 3.63) is 24.0 Å². The number of hydrogen-bond acceptors (Lipinski definition) is 4. The van der Waals surface area contributed by atoms with Gasteiger partial charge in [0, 0.05) is 18.4 Å². The molecule has 0 bridgehead atoms. The van der Waals surface area contributed by atoms with Crippen molar-refractivity contribution < 1.29 is 14.7 Å². The lowest BCUT2D eigenvalue weighted by Crippen LogP contribution is -2.39. The van der Waals surface area contributed by atoms with Crippen molar-refractivity contribution in [1.29, 1.82) is 0 Å². The molecule has 1 aromatic heterocycles. The topological polar surface area (TPSA) is 96.5 Å². The number of rotatable bonds is 3. The van der Waals surface area contributed by atoms with Gasteiger partial charge in [0.1, 0.15) is 11.7 Å². The molecule has 18 heavy (non-hydrogen) atoms. The number of carboxylic acids is 1. The molecule has 96 valence electrons. The molecule has 1 saturated heterocycles. The molecule has 2 atom stereocenters. The molecule has 2 rings (SSSR count). The maximum Gasteiger partial charge on any atom is 0.326 e. The maximum absolute atomic E-state index is 11.3. The highest BCUT2D eigenvalue weighted by molar-refractivity contribution is 5.92. The monoisotopic (exact) mass is 249 g/mol. The van der Waals surface area contributed by atoms with Gasteiger partial charge in [-0.3, -0.25) is 9.78 Å². The number of primary amides is 1. The van der Waals surface area contributed by atoms with Gasteiger partial charge in [0.15, 0.2) is 0 Å². The van der Waals surface area contributed by atoms with E-state index in [1.807, 2.05) is 6.92 Å². The first-order valence-corrected chi connectivity index (χ1v) is 5.76. The van der Waals surface area contributed by atoms with E-state index in [0.29, 0.717) is 12.2 Å². The van der Waals surface area contributed by atoms with Gasteiger partial charge >= 0.3 is 5.97 Å². The molecule has 0 radical (unpaired) electrons. The number of carbonyl (C=O) groups is 2. The van der Waals surface area contributed by atoms with Gasteiger partial charge in [-0.2, -0.15) is 0 Å². The lowest BCUT2D eigenvalue weighted by molar-refractivity contribution is -0.139. The zero-order valence-electron chi connectivity index (χ0n) is 10.0. The molecule has 2 unspecified atom stereocenters. The first-order chi connectivity index (χ1) is 8.50. The fourth-order valence-electron chi connectivity index (χ4n) is 2.35. The lowest BCUT2D eigenvalue weighted by Gasteiger charge is -2.25. The second kappa shape index (κ2) is 4.64. The molecule has 1 aliphatic rings. The molecule has 1 fully saturated rings. The summed E-state index contributed by atoms with van der Waals surface area (Å²) in [7, 11) is 0. The van der Waals surface area contributed by atoms with E-state index in [9.17, 15) is 14.7 Å². The fourth-order valence-corrected chi connectivity index (χ4v) is 2.35. The van der Waals surface area contributed by atoms with Crippen LogP contribution in [0.15, 0.2) is 18.3 Å². The molecule has 6 nitrogen and oxygen atoms in total. The molecule has 1 aliphatic heterocycles. The van der Waals surface area contributed by atoms with Crippen LogP contribution in [0.2, 0.25) is 0 Å². The van der Waals surface area contributed by atoms with Crippen LogP contribution in [0, 0.1) is 5.92 Å². The number of anilines is 1. The summed E-state index contributed by atoms with van der Waals surface area (Å²) >= 11 is 0. The van der Waals surface area contributed by atoms with Gasteiger partial charge in [-0.25, -0.2) is 4.79 Å². The molecule has 0 saturated carbocycles. The third kappa shape index (κ3) is 2.13. The number of nitrogens with two attached hydrogens (primary N) is 1. The molecule has 0 aromatic carbocycles. The van der Waals surface area contributed by atoms with Crippen LogP contribution in [0.1, 0.15) is 23.8 Å². The number of nitrogens with zero attached hydrogens (tertiary/aromatic N) is 2. The number of aliphatic carboxylic acids is 1. The summed E-state index contributed by atoms with van der Waals surface area (Å²) in [6, 6.07) is 2.67. The van der Waals surface area contributed by atoms with E-state index < -0.39 is 17.9 Å². The zero-order valence-corrected chi connectivity index (χ0v) is 10.0. The average molecular weight is 249 g/mol. The van der Waals surface area contributed by atoms with E-state index in [-0.39, 0.29) is 11.6 Å². The highest BCUT2D eigenvalue weighted by Crippen LogP contribution is 2.29. The van der Waals surface area contributed by atoms with Crippen molar-refractivity contribution in [2.45, 2.75) is 19.4 Å². The Morgan fingerprint density at radius 1 is 1.56 bits per heavy atom. The van der Waals surface area contributed by atoms with E-state index in [0.717, 1.165) is 6.42 Å². The third-order valence-electron chi connectivity index (χ3n) is 3.28.